The smallest absolute Gasteiger partial charge is 0.326 e. The third-order valence-electron chi connectivity index (χ3n) is 4.09. The second kappa shape index (κ2) is 9.27. The fraction of sp³-hybridized carbons (Fsp3) is 0.0909. The van der Waals surface area contributed by atoms with Crippen molar-refractivity contribution in [3.05, 3.63) is 90.3 Å². The predicted octanol–water partition coefficient (Wildman–Crippen LogP) is 3.18. The van der Waals surface area contributed by atoms with Crippen molar-refractivity contribution >= 4 is 23.5 Å². The Labute approximate surface area is 167 Å². The third-order valence-corrected chi connectivity index (χ3v) is 4.09. The monoisotopic (exact) mass is 390 g/mol. The van der Waals surface area contributed by atoms with E-state index in [1.807, 2.05) is 6.07 Å². The number of esters is 1. The summed E-state index contributed by atoms with van der Waals surface area (Å²) in [6.07, 6.45) is 1.46. The molecule has 1 atom stereocenters. The first kappa shape index (κ1) is 19.8. The lowest BCUT2D eigenvalue weighted by molar-refractivity contribution is -0.152. The molecule has 0 bridgehead atoms. The maximum absolute atomic E-state index is 12.3. The molecule has 0 saturated heterocycles. The minimum atomic E-state index is -1.37. The van der Waals surface area contributed by atoms with E-state index < -0.39 is 17.9 Å². The third kappa shape index (κ3) is 5.49. The van der Waals surface area contributed by atoms with Crippen LogP contribution in [0.15, 0.2) is 79.0 Å². The van der Waals surface area contributed by atoms with E-state index in [2.05, 4.69) is 10.3 Å². The number of aromatic nitrogens is 1. The molecule has 2 N–H and O–H groups in total. The molecule has 0 aliphatic heterocycles. The summed E-state index contributed by atoms with van der Waals surface area (Å²) in [5, 5.41) is 12.1. The van der Waals surface area contributed by atoms with Gasteiger partial charge in [-0.15, -0.1) is 0 Å². The fourth-order valence-electron chi connectivity index (χ4n) is 2.59. The van der Waals surface area contributed by atoms with Gasteiger partial charge < -0.3 is 15.2 Å². The number of rotatable bonds is 7. The number of carbonyl (C=O) groups excluding carboxylic acids is 2. The summed E-state index contributed by atoms with van der Waals surface area (Å²) in [6.45, 7) is 0. The molecule has 0 radical (unpaired) electrons. The highest BCUT2D eigenvalue weighted by molar-refractivity contribution is 6.04. The van der Waals surface area contributed by atoms with Crippen molar-refractivity contribution in [2.75, 3.05) is 5.32 Å². The van der Waals surface area contributed by atoms with E-state index in [4.69, 9.17) is 4.74 Å². The molecule has 3 rings (SSSR count). The van der Waals surface area contributed by atoms with Crippen LogP contribution in [0.4, 0.5) is 5.69 Å². The van der Waals surface area contributed by atoms with Gasteiger partial charge >= 0.3 is 11.9 Å². The van der Waals surface area contributed by atoms with Crippen LogP contribution in [0.5, 0.6) is 5.75 Å². The summed E-state index contributed by atoms with van der Waals surface area (Å²) in [5.74, 6) is -3.63. The molecule has 1 aromatic heterocycles. The van der Waals surface area contributed by atoms with Gasteiger partial charge in [-0.1, -0.05) is 24.3 Å². The zero-order valence-corrected chi connectivity index (χ0v) is 15.3. The number of aliphatic carboxylic acids is 1. The molecular weight excluding hydrogens is 372 g/mol. The van der Waals surface area contributed by atoms with Crippen molar-refractivity contribution in [2.24, 2.45) is 5.92 Å². The predicted molar refractivity (Wildman–Crippen MR) is 106 cm³/mol. The molecule has 7 nitrogen and oxygen atoms in total. The molecule has 7 heteroatoms. The van der Waals surface area contributed by atoms with Gasteiger partial charge in [0.25, 0.3) is 5.91 Å². The Bertz CT molecular complexity index is 989. The van der Waals surface area contributed by atoms with Crippen molar-refractivity contribution in [1.29, 1.82) is 0 Å². The number of nitrogens with zero attached hydrogens (tertiary/aromatic N) is 1. The van der Waals surface area contributed by atoms with E-state index in [1.165, 1.54) is 18.3 Å². The molecule has 146 valence electrons. The number of benzene rings is 2. The van der Waals surface area contributed by atoms with Crippen LogP contribution >= 0.6 is 0 Å². The molecule has 3 aromatic rings. The van der Waals surface area contributed by atoms with Crippen LogP contribution in [-0.4, -0.2) is 27.9 Å². The van der Waals surface area contributed by atoms with E-state index in [0.29, 0.717) is 16.9 Å². The van der Waals surface area contributed by atoms with Crippen molar-refractivity contribution < 1.29 is 24.2 Å². The van der Waals surface area contributed by atoms with Gasteiger partial charge in [0.15, 0.2) is 5.92 Å². The maximum atomic E-state index is 12.3. The number of ether oxygens (including phenoxy) is 1. The maximum Gasteiger partial charge on any atom is 0.326 e. The molecule has 1 heterocycles. The molecular formula is C22H18N2O5. The number of hydrogen-bond donors (Lipinski definition) is 2. The normalized spacial score (nSPS) is 11.3. The molecule has 2 aromatic carbocycles. The van der Waals surface area contributed by atoms with E-state index in [0.717, 1.165) is 0 Å². The summed E-state index contributed by atoms with van der Waals surface area (Å²) in [6, 6.07) is 19.9. The summed E-state index contributed by atoms with van der Waals surface area (Å²) in [5.41, 5.74) is 1.51. The Morgan fingerprint density at radius 1 is 0.931 bits per heavy atom. The van der Waals surface area contributed by atoms with Crippen LogP contribution in [0.2, 0.25) is 0 Å². The molecule has 0 spiro atoms. The molecule has 0 aliphatic carbocycles. The Balaban J connectivity index is 1.62. The number of carbonyl (C=O) groups is 3. The van der Waals surface area contributed by atoms with Crippen LogP contribution in [0.1, 0.15) is 16.1 Å². The van der Waals surface area contributed by atoms with Crippen LogP contribution in [0.3, 0.4) is 0 Å². The van der Waals surface area contributed by atoms with E-state index in [1.54, 1.807) is 54.6 Å². The molecule has 29 heavy (non-hydrogen) atoms. The zero-order chi connectivity index (χ0) is 20.6. The quantitative estimate of drug-likeness (QED) is 0.365. The van der Waals surface area contributed by atoms with Crippen LogP contribution < -0.4 is 10.1 Å². The summed E-state index contributed by atoms with van der Waals surface area (Å²) in [7, 11) is 0. The number of nitrogens with one attached hydrogen (secondary N) is 1. The Kier molecular flexibility index (Phi) is 6.32. The Morgan fingerprint density at radius 3 is 2.24 bits per heavy atom. The van der Waals surface area contributed by atoms with Gasteiger partial charge in [0.05, 0.1) is 0 Å². The highest BCUT2D eigenvalue weighted by Gasteiger charge is 2.29. The first-order valence-electron chi connectivity index (χ1n) is 8.84. The number of carboxylic acids is 1. The molecule has 1 amide bonds. The van der Waals surface area contributed by atoms with Gasteiger partial charge in [-0.25, -0.2) is 0 Å². The molecule has 0 fully saturated rings. The number of hydrogen-bond acceptors (Lipinski definition) is 5. The Hall–Kier alpha value is -4.00. The second-order valence-electron chi connectivity index (χ2n) is 6.18. The minimum Gasteiger partial charge on any atom is -0.481 e. The van der Waals surface area contributed by atoms with Gasteiger partial charge in [0, 0.05) is 29.6 Å². The molecule has 0 unspecified atom stereocenters. The highest BCUT2D eigenvalue weighted by atomic mass is 16.5. The average Bonchev–Trinajstić information content (AvgIpc) is 2.74. The summed E-state index contributed by atoms with van der Waals surface area (Å²) >= 11 is 0. The van der Waals surface area contributed by atoms with Crippen LogP contribution in [0, 0.1) is 5.92 Å². The van der Waals surface area contributed by atoms with Gasteiger partial charge in [0.2, 0.25) is 0 Å². The molecule has 0 saturated carbocycles. The lowest BCUT2D eigenvalue weighted by Crippen LogP contribution is -2.30. The standard InChI is InChI=1S/C22H18N2O5/c25-20(15-6-2-1-3-7-15)24-16-9-11-18(12-10-16)29-22(28)19(21(26)27)14-17-8-4-5-13-23-17/h1-13,19H,14H2,(H,24,25)(H,26,27)/t19-/m0/s1. The highest BCUT2D eigenvalue weighted by Crippen LogP contribution is 2.19. The van der Waals surface area contributed by atoms with Crippen molar-refractivity contribution in [3.63, 3.8) is 0 Å². The Morgan fingerprint density at radius 2 is 1.62 bits per heavy atom. The summed E-state index contributed by atoms with van der Waals surface area (Å²) < 4.78 is 5.19. The lowest BCUT2D eigenvalue weighted by atomic mass is 10.0. The van der Waals surface area contributed by atoms with Gasteiger partial charge in [-0.3, -0.25) is 19.4 Å². The fourth-order valence-corrected chi connectivity index (χ4v) is 2.59. The van der Waals surface area contributed by atoms with Gasteiger partial charge in [-0.2, -0.15) is 0 Å². The molecule has 0 aliphatic rings. The average molecular weight is 390 g/mol. The second-order valence-corrected chi connectivity index (χ2v) is 6.18. The minimum absolute atomic E-state index is 0.0692. The number of amides is 1. The van der Waals surface area contributed by atoms with E-state index in [9.17, 15) is 19.5 Å². The first-order chi connectivity index (χ1) is 14.0. The lowest BCUT2D eigenvalue weighted by Gasteiger charge is -2.12. The number of carboxylic acid groups (broad SMARTS) is 1. The van der Waals surface area contributed by atoms with Crippen molar-refractivity contribution in [1.82, 2.24) is 4.98 Å². The van der Waals surface area contributed by atoms with Crippen LogP contribution in [0.25, 0.3) is 0 Å². The topological polar surface area (TPSA) is 106 Å². The SMILES string of the molecule is O=C(Nc1ccc(OC(=O)[C@@H](Cc2ccccn2)C(=O)O)cc1)c1ccccc1. The summed E-state index contributed by atoms with van der Waals surface area (Å²) in [4.78, 5) is 40.0. The largest absolute Gasteiger partial charge is 0.481 e. The van der Waals surface area contributed by atoms with Crippen molar-refractivity contribution in [2.45, 2.75) is 6.42 Å². The number of anilines is 1. The van der Waals surface area contributed by atoms with Crippen molar-refractivity contribution in [3.8, 4) is 5.75 Å². The zero-order valence-electron chi connectivity index (χ0n) is 15.3. The van der Waals surface area contributed by atoms with E-state index in [-0.39, 0.29) is 18.1 Å². The van der Waals surface area contributed by atoms with Crippen LogP contribution in [-0.2, 0) is 16.0 Å². The van der Waals surface area contributed by atoms with Gasteiger partial charge in [-0.05, 0) is 48.5 Å². The number of pyridine rings is 1. The van der Waals surface area contributed by atoms with E-state index >= 15 is 0 Å². The first-order valence-corrected chi connectivity index (χ1v) is 8.84. The van der Waals surface area contributed by atoms with Gasteiger partial charge in [0.1, 0.15) is 5.75 Å².